The number of rotatable bonds is 5. The molecule has 0 saturated carbocycles. The molecule has 0 aliphatic heterocycles. The van der Waals surface area contributed by atoms with E-state index in [1.165, 1.54) is 17.5 Å². The number of hydrogen-bond acceptors (Lipinski definition) is 3. The molecule has 108 valence electrons. The molecule has 0 atom stereocenters. The minimum absolute atomic E-state index is 0.0144. The second kappa shape index (κ2) is 6.00. The number of ether oxygens (including phenoxy) is 2. The van der Waals surface area contributed by atoms with E-state index in [9.17, 15) is 4.79 Å². The SMILES string of the molecule is COc1ccc(OCC(=O)c2ccc3c(c2)CCC3)cc1. The molecule has 0 N–H and O–H groups in total. The maximum absolute atomic E-state index is 12.2. The van der Waals surface area contributed by atoms with Crippen LogP contribution in [0.3, 0.4) is 0 Å². The molecule has 0 fully saturated rings. The number of carbonyl (C=O) groups is 1. The molecule has 0 radical (unpaired) electrons. The monoisotopic (exact) mass is 282 g/mol. The van der Waals surface area contributed by atoms with Crippen LogP contribution in [0.4, 0.5) is 0 Å². The number of fused-ring (bicyclic) bond motifs is 1. The van der Waals surface area contributed by atoms with Crippen molar-refractivity contribution >= 4 is 5.78 Å². The molecule has 0 unspecified atom stereocenters. The topological polar surface area (TPSA) is 35.5 Å². The molecule has 0 amide bonds. The van der Waals surface area contributed by atoms with Gasteiger partial charge in [-0.1, -0.05) is 12.1 Å². The summed E-state index contributed by atoms with van der Waals surface area (Å²) in [6.45, 7) is 0.0606. The van der Waals surface area contributed by atoms with Crippen molar-refractivity contribution in [3.05, 3.63) is 59.2 Å². The van der Waals surface area contributed by atoms with Crippen LogP contribution in [-0.2, 0) is 12.8 Å². The maximum Gasteiger partial charge on any atom is 0.200 e. The third kappa shape index (κ3) is 3.07. The lowest BCUT2D eigenvalue weighted by atomic mass is 10.0. The summed E-state index contributed by atoms with van der Waals surface area (Å²) in [6, 6.07) is 13.2. The van der Waals surface area contributed by atoms with E-state index in [1.54, 1.807) is 19.2 Å². The third-order valence-electron chi connectivity index (χ3n) is 3.85. The number of methoxy groups -OCH3 is 1. The molecule has 0 heterocycles. The first-order valence-electron chi connectivity index (χ1n) is 7.18. The van der Waals surface area contributed by atoms with E-state index >= 15 is 0 Å². The number of Topliss-reactive ketones (excluding diaryl/α,β-unsaturated/α-hetero) is 1. The average Bonchev–Trinajstić information content (AvgIpc) is 3.00. The van der Waals surface area contributed by atoms with Crippen LogP contribution in [0, 0.1) is 0 Å². The molecular formula is C18H18O3. The van der Waals surface area contributed by atoms with Gasteiger partial charge in [-0.25, -0.2) is 0 Å². The fourth-order valence-corrected chi connectivity index (χ4v) is 2.65. The van der Waals surface area contributed by atoms with E-state index in [1.807, 2.05) is 24.3 Å². The summed E-state index contributed by atoms with van der Waals surface area (Å²) in [5.41, 5.74) is 3.43. The molecule has 3 heteroatoms. The molecule has 0 bridgehead atoms. The zero-order valence-electron chi connectivity index (χ0n) is 12.1. The van der Waals surface area contributed by atoms with Crippen LogP contribution in [0.25, 0.3) is 0 Å². The van der Waals surface area contributed by atoms with E-state index in [4.69, 9.17) is 9.47 Å². The molecule has 1 aliphatic carbocycles. The van der Waals surface area contributed by atoms with Crippen LogP contribution in [0.2, 0.25) is 0 Å². The fraction of sp³-hybridized carbons (Fsp3) is 0.278. The van der Waals surface area contributed by atoms with E-state index in [2.05, 4.69) is 6.07 Å². The van der Waals surface area contributed by atoms with Crippen LogP contribution in [0.1, 0.15) is 27.9 Å². The van der Waals surface area contributed by atoms with Crippen LogP contribution >= 0.6 is 0 Å². The molecule has 2 aromatic rings. The predicted molar refractivity (Wildman–Crippen MR) is 81.3 cm³/mol. The molecule has 0 saturated heterocycles. The first kappa shape index (κ1) is 13.7. The van der Waals surface area contributed by atoms with E-state index < -0.39 is 0 Å². The Kier molecular flexibility index (Phi) is 3.91. The van der Waals surface area contributed by atoms with Gasteiger partial charge in [0.1, 0.15) is 11.5 Å². The Morgan fingerprint density at radius 3 is 2.48 bits per heavy atom. The van der Waals surface area contributed by atoms with Crippen LogP contribution in [-0.4, -0.2) is 19.5 Å². The summed E-state index contributed by atoms with van der Waals surface area (Å²) in [7, 11) is 1.62. The van der Waals surface area contributed by atoms with Gasteiger partial charge in [0.2, 0.25) is 0 Å². The van der Waals surface area contributed by atoms with Crippen LogP contribution in [0.5, 0.6) is 11.5 Å². The molecule has 3 nitrogen and oxygen atoms in total. The minimum Gasteiger partial charge on any atom is -0.497 e. The Morgan fingerprint density at radius 1 is 1.00 bits per heavy atom. The lowest BCUT2D eigenvalue weighted by molar-refractivity contribution is 0.0921. The fourth-order valence-electron chi connectivity index (χ4n) is 2.65. The van der Waals surface area contributed by atoms with Crippen molar-refractivity contribution in [3.8, 4) is 11.5 Å². The summed E-state index contributed by atoms with van der Waals surface area (Å²) in [5, 5.41) is 0. The van der Waals surface area contributed by atoms with Gasteiger partial charge in [-0.15, -0.1) is 0 Å². The highest BCUT2D eigenvalue weighted by Crippen LogP contribution is 2.23. The molecule has 2 aromatic carbocycles. The number of aryl methyl sites for hydroxylation is 2. The number of carbonyl (C=O) groups excluding carboxylic acids is 1. The lowest BCUT2D eigenvalue weighted by Crippen LogP contribution is -2.12. The Labute approximate surface area is 124 Å². The second-order valence-electron chi connectivity index (χ2n) is 5.22. The second-order valence-corrected chi connectivity index (χ2v) is 5.22. The average molecular weight is 282 g/mol. The Balaban J connectivity index is 1.63. The van der Waals surface area contributed by atoms with Gasteiger partial charge < -0.3 is 9.47 Å². The largest absolute Gasteiger partial charge is 0.497 e. The Bertz CT molecular complexity index is 644. The highest BCUT2D eigenvalue weighted by molar-refractivity contribution is 5.97. The molecule has 3 rings (SSSR count). The first-order chi connectivity index (χ1) is 10.3. The van der Waals surface area contributed by atoms with E-state index in [0.717, 1.165) is 24.2 Å². The Morgan fingerprint density at radius 2 is 1.71 bits per heavy atom. The van der Waals surface area contributed by atoms with E-state index in [0.29, 0.717) is 5.75 Å². The van der Waals surface area contributed by atoms with Crippen molar-refractivity contribution in [3.63, 3.8) is 0 Å². The quantitative estimate of drug-likeness (QED) is 0.788. The summed E-state index contributed by atoms with van der Waals surface area (Å²) < 4.78 is 10.6. The number of ketones is 1. The zero-order chi connectivity index (χ0) is 14.7. The summed E-state index contributed by atoms with van der Waals surface area (Å²) in [5.74, 6) is 1.46. The van der Waals surface area contributed by atoms with Gasteiger partial charge in [0.05, 0.1) is 7.11 Å². The van der Waals surface area contributed by atoms with E-state index in [-0.39, 0.29) is 12.4 Å². The van der Waals surface area contributed by atoms with Gasteiger partial charge >= 0.3 is 0 Å². The normalized spacial score (nSPS) is 12.8. The standard InChI is InChI=1S/C18H18O3/c1-20-16-7-9-17(10-8-16)21-12-18(19)15-6-5-13-3-2-4-14(13)11-15/h5-11H,2-4,12H2,1H3. The van der Waals surface area contributed by atoms with Crippen molar-refractivity contribution in [2.45, 2.75) is 19.3 Å². The zero-order valence-corrected chi connectivity index (χ0v) is 12.1. The van der Waals surface area contributed by atoms with Crippen molar-refractivity contribution in [2.75, 3.05) is 13.7 Å². The molecule has 0 aromatic heterocycles. The lowest BCUT2D eigenvalue weighted by Gasteiger charge is -2.07. The highest BCUT2D eigenvalue weighted by atomic mass is 16.5. The van der Waals surface area contributed by atoms with Crippen molar-refractivity contribution < 1.29 is 14.3 Å². The maximum atomic E-state index is 12.2. The molecule has 1 aliphatic rings. The van der Waals surface area contributed by atoms with Gasteiger partial charge in [0, 0.05) is 5.56 Å². The summed E-state index contributed by atoms with van der Waals surface area (Å²) in [6.07, 6.45) is 3.40. The first-order valence-corrected chi connectivity index (χ1v) is 7.18. The van der Waals surface area contributed by atoms with Gasteiger partial charge in [-0.3, -0.25) is 4.79 Å². The van der Waals surface area contributed by atoms with Crippen LogP contribution < -0.4 is 9.47 Å². The van der Waals surface area contributed by atoms with Gasteiger partial charge in [-0.2, -0.15) is 0 Å². The van der Waals surface area contributed by atoms with Crippen LogP contribution in [0.15, 0.2) is 42.5 Å². The van der Waals surface area contributed by atoms with Gasteiger partial charge in [0.15, 0.2) is 12.4 Å². The smallest absolute Gasteiger partial charge is 0.200 e. The number of benzene rings is 2. The van der Waals surface area contributed by atoms with Crippen molar-refractivity contribution in [1.29, 1.82) is 0 Å². The predicted octanol–water partition coefficient (Wildman–Crippen LogP) is 3.45. The summed E-state index contributed by atoms with van der Waals surface area (Å²) in [4.78, 5) is 12.2. The summed E-state index contributed by atoms with van der Waals surface area (Å²) >= 11 is 0. The van der Waals surface area contributed by atoms with Crippen molar-refractivity contribution in [1.82, 2.24) is 0 Å². The minimum atomic E-state index is 0.0144. The third-order valence-corrected chi connectivity index (χ3v) is 3.85. The molecule has 21 heavy (non-hydrogen) atoms. The molecular weight excluding hydrogens is 264 g/mol. The van der Waals surface area contributed by atoms with Gasteiger partial charge in [0.25, 0.3) is 0 Å². The molecule has 0 spiro atoms. The number of hydrogen-bond donors (Lipinski definition) is 0. The van der Waals surface area contributed by atoms with Crippen molar-refractivity contribution in [2.24, 2.45) is 0 Å². The Hall–Kier alpha value is -2.29. The highest BCUT2D eigenvalue weighted by Gasteiger charge is 2.14. The van der Waals surface area contributed by atoms with Gasteiger partial charge in [-0.05, 0) is 60.7 Å².